The van der Waals surface area contributed by atoms with Crippen molar-refractivity contribution in [1.29, 1.82) is 0 Å². The van der Waals surface area contributed by atoms with Crippen LogP contribution in [0, 0.1) is 5.92 Å². The first kappa shape index (κ1) is 16.8. The van der Waals surface area contributed by atoms with E-state index in [4.69, 9.17) is 15.7 Å². The van der Waals surface area contributed by atoms with E-state index in [0.29, 0.717) is 27.3 Å². The molecule has 30 heavy (non-hydrogen) atoms. The molecule has 1 aliphatic rings. The third-order valence-electron chi connectivity index (χ3n) is 4.82. The predicted octanol–water partition coefficient (Wildman–Crippen LogP) is 3.58. The number of aromatic nitrogens is 2. The van der Waals surface area contributed by atoms with Crippen LogP contribution in [-0.4, -0.2) is 28.3 Å². The van der Waals surface area contributed by atoms with Gasteiger partial charge in [0, 0.05) is 47.4 Å². The molecule has 1 saturated carbocycles. The van der Waals surface area contributed by atoms with E-state index >= 15 is 0 Å². The number of nitrogens with one attached hydrogen (secondary N) is 3. The van der Waals surface area contributed by atoms with Gasteiger partial charge in [0.25, 0.3) is 11.5 Å². The molecule has 0 spiro atoms. The van der Waals surface area contributed by atoms with Crippen molar-refractivity contribution in [2.24, 2.45) is 5.92 Å². The van der Waals surface area contributed by atoms with Crippen LogP contribution in [-0.2, 0) is 11.3 Å². The first-order chi connectivity index (χ1) is 15.6. The summed E-state index contributed by atoms with van der Waals surface area (Å²) >= 11 is 7.60. The van der Waals surface area contributed by atoms with Gasteiger partial charge in [-0.3, -0.25) is 14.4 Å². The Hall–Kier alpha value is -2.91. The number of halogens is 1. The number of nitrogens with zero attached hydrogens (tertiary/aromatic N) is 2. The second kappa shape index (κ2) is 8.08. The summed E-state index contributed by atoms with van der Waals surface area (Å²) in [7, 11) is 0. The molecule has 2 amide bonds. The Morgan fingerprint density at radius 1 is 1.40 bits per heavy atom. The summed E-state index contributed by atoms with van der Waals surface area (Å²) in [5, 5.41) is 10.1. The molecule has 0 unspecified atom stereocenters. The maximum absolute atomic E-state index is 12.9. The van der Waals surface area contributed by atoms with E-state index in [0.717, 1.165) is 12.8 Å². The van der Waals surface area contributed by atoms with Gasteiger partial charge >= 0.3 is 0 Å². The molecule has 8 nitrogen and oxygen atoms in total. The first-order valence-electron chi connectivity index (χ1n) is 10.8. The van der Waals surface area contributed by atoms with Crippen molar-refractivity contribution in [2.45, 2.75) is 26.3 Å². The van der Waals surface area contributed by atoms with Crippen LogP contribution in [0.25, 0.3) is 10.1 Å². The van der Waals surface area contributed by atoms with Crippen LogP contribution >= 0.6 is 22.9 Å². The normalized spacial score (nSPS) is 15.2. The number of thiophene rings is 1. The smallest absolute Gasteiger partial charge is 0.261 e. The number of amides is 2. The molecule has 156 valence electrons. The number of carbonyl (C=O) groups excluding carboxylic acids is 2. The molecule has 1 aliphatic carbocycles. The van der Waals surface area contributed by atoms with Crippen molar-refractivity contribution >= 4 is 62.0 Å². The van der Waals surface area contributed by atoms with Crippen LogP contribution in [0.2, 0.25) is 5.02 Å². The van der Waals surface area contributed by atoms with Crippen molar-refractivity contribution in [2.75, 3.05) is 17.6 Å². The maximum atomic E-state index is 12.9. The Labute approximate surface area is 185 Å². The summed E-state index contributed by atoms with van der Waals surface area (Å²) in [6.07, 6.45) is 4.36. The summed E-state index contributed by atoms with van der Waals surface area (Å²) in [5.74, 6) is -0.916. The molecule has 10 heteroatoms. The lowest BCUT2D eigenvalue weighted by Crippen LogP contribution is -2.21. The third kappa shape index (κ3) is 3.78. The lowest BCUT2D eigenvalue weighted by molar-refractivity contribution is -0.117. The van der Waals surface area contributed by atoms with Gasteiger partial charge in [-0.05, 0) is 19.8 Å². The number of aryl methyl sites for hydroxylation is 1. The molecule has 3 aromatic heterocycles. The topological polar surface area (TPSA) is 105 Å². The summed E-state index contributed by atoms with van der Waals surface area (Å²) in [6.45, 7) is -0.467. The number of anilines is 3. The van der Waals surface area contributed by atoms with Crippen molar-refractivity contribution in [1.82, 2.24) is 14.9 Å². The van der Waals surface area contributed by atoms with Gasteiger partial charge in [0.05, 0.1) is 32.0 Å². The fraction of sp³-hybridized carbons (Fsp3) is 0.300. The zero-order valence-corrected chi connectivity index (χ0v) is 17.5. The van der Waals surface area contributed by atoms with Crippen LogP contribution in [0.3, 0.4) is 0 Å². The summed E-state index contributed by atoms with van der Waals surface area (Å²) in [6, 6.07) is 1.43. The van der Waals surface area contributed by atoms with Gasteiger partial charge < -0.3 is 20.5 Å². The van der Waals surface area contributed by atoms with E-state index in [1.807, 2.05) is 12.2 Å². The van der Waals surface area contributed by atoms with Crippen molar-refractivity contribution in [3.8, 4) is 0 Å². The number of rotatable bonds is 6. The minimum Gasteiger partial charge on any atom is -0.355 e. The number of hydrogen-bond donors (Lipinski definition) is 3. The van der Waals surface area contributed by atoms with E-state index in [1.165, 1.54) is 28.2 Å². The van der Waals surface area contributed by atoms with Crippen LogP contribution in [0.4, 0.5) is 17.2 Å². The molecule has 3 heterocycles. The van der Waals surface area contributed by atoms with Gasteiger partial charge in [-0.1, -0.05) is 11.6 Å². The highest BCUT2D eigenvalue weighted by atomic mass is 35.5. The van der Waals surface area contributed by atoms with Gasteiger partial charge in [-0.15, -0.1) is 11.3 Å². The highest BCUT2D eigenvalue weighted by Crippen LogP contribution is 2.36. The summed E-state index contributed by atoms with van der Waals surface area (Å²) in [5.41, 5.74) is 0.261. The molecule has 3 N–H and O–H groups in total. The lowest BCUT2D eigenvalue weighted by Gasteiger charge is -2.13. The lowest BCUT2D eigenvalue weighted by atomic mass is 10.2. The van der Waals surface area contributed by atoms with Crippen LogP contribution < -0.4 is 21.5 Å². The minimum absolute atomic E-state index is 0.0581. The van der Waals surface area contributed by atoms with Crippen LogP contribution in [0.5, 0.6) is 0 Å². The Kier molecular flexibility index (Phi) is 4.53. The van der Waals surface area contributed by atoms with Gasteiger partial charge in [-0.25, -0.2) is 4.98 Å². The van der Waals surface area contributed by atoms with Crippen molar-refractivity contribution in [3.05, 3.63) is 44.8 Å². The van der Waals surface area contributed by atoms with Gasteiger partial charge in [0.15, 0.2) is 0 Å². The minimum atomic E-state index is -2.70. The number of fused-ring (bicyclic) bond motifs is 1. The highest BCUT2D eigenvalue weighted by molar-refractivity contribution is 7.18. The molecule has 3 aromatic rings. The Bertz CT molecular complexity index is 1320. The third-order valence-corrected chi connectivity index (χ3v) is 6.24. The highest BCUT2D eigenvalue weighted by Gasteiger charge is 2.30. The average Bonchev–Trinajstić information content (AvgIpc) is 3.50. The van der Waals surface area contributed by atoms with E-state index in [-0.39, 0.29) is 34.5 Å². The first-order valence-corrected chi connectivity index (χ1v) is 10.5. The fourth-order valence-electron chi connectivity index (χ4n) is 3.06. The van der Waals surface area contributed by atoms with Crippen molar-refractivity contribution < 1.29 is 13.7 Å². The molecule has 0 atom stereocenters. The number of pyridine rings is 2. The molecule has 0 saturated heterocycles. The molecule has 4 rings (SSSR count). The number of carbonyl (C=O) groups is 2. The average molecular weight is 449 g/mol. The van der Waals surface area contributed by atoms with E-state index in [2.05, 4.69) is 15.6 Å². The summed E-state index contributed by atoms with van der Waals surface area (Å²) in [4.78, 5) is 41.8. The Morgan fingerprint density at radius 3 is 2.90 bits per heavy atom. The van der Waals surface area contributed by atoms with Crippen molar-refractivity contribution in [3.63, 3.8) is 0 Å². The monoisotopic (exact) mass is 448 g/mol. The van der Waals surface area contributed by atoms with Gasteiger partial charge in [-0.2, -0.15) is 0 Å². The SMILES string of the molecule is [2H]C([2H])([2H])NC(=O)c1cnc(NC(=O)C2CC2)cc1Nc1csc2c(Cl)cn(CC)c(=O)c12. The molecular weight excluding hydrogens is 426 g/mol. The van der Waals surface area contributed by atoms with E-state index < -0.39 is 12.9 Å². The Balaban J connectivity index is 1.77. The fourth-order valence-corrected chi connectivity index (χ4v) is 4.30. The molecular formula is C20H20ClN5O3S. The summed E-state index contributed by atoms with van der Waals surface area (Å²) < 4.78 is 24.0. The molecule has 0 aliphatic heterocycles. The quantitative estimate of drug-likeness (QED) is 0.534. The maximum Gasteiger partial charge on any atom is 0.261 e. The van der Waals surface area contributed by atoms with Crippen LogP contribution in [0.1, 0.15) is 34.2 Å². The zero-order valence-electron chi connectivity index (χ0n) is 18.9. The molecule has 0 radical (unpaired) electrons. The molecule has 0 aromatic carbocycles. The Morgan fingerprint density at radius 2 is 2.20 bits per heavy atom. The largest absolute Gasteiger partial charge is 0.355 e. The van der Waals surface area contributed by atoms with Crippen LogP contribution in [0.15, 0.2) is 28.6 Å². The van der Waals surface area contributed by atoms with Gasteiger partial charge in [0.1, 0.15) is 5.82 Å². The van der Waals surface area contributed by atoms with Gasteiger partial charge in [0.2, 0.25) is 5.91 Å². The standard InChI is InChI=1S/C20H20ClN5O3S/c1-3-26-8-12(21)17-16(20(26)29)14(9-30-17)24-13-6-15(25-18(27)10-4-5-10)23-7-11(13)19(28)22-2/h6-10H,3-5H2,1-2H3,(H,22,28)(H2,23,24,25,27)/i2D3. The molecule has 1 fully saturated rings. The second-order valence-electron chi connectivity index (χ2n) is 6.88. The van der Waals surface area contributed by atoms with E-state index in [9.17, 15) is 14.4 Å². The predicted molar refractivity (Wildman–Crippen MR) is 119 cm³/mol. The second-order valence-corrected chi connectivity index (χ2v) is 8.17. The van der Waals surface area contributed by atoms with E-state index in [1.54, 1.807) is 11.6 Å². The molecule has 0 bridgehead atoms. The number of hydrogen-bond acceptors (Lipinski definition) is 6. The zero-order chi connectivity index (χ0) is 23.9.